The number of carbonyl (C=O) groups excluding carboxylic acids is 4. The van der Waals surface area contributed by atoms with Gasteiger partial charge in [-0.3, -0.25) is 4.79 Å². The summed E-state index contributed by atoms with van der Waals surface area (Å²) in [6, 6.07) is 3.38. The molecule has 11 nitrogen and oxygen atoms in total. The number of nitrogens with two attached hydrogens (primary N) is 1. The fraction of sp³-hybridized carbons (Fsp3) is 0.630. The molecule has 1 aromatic rings. The summed E-state index contributed by atoms with van der Waals surface area (Å²) in [6.45, 7) is 7.36. The van der Waals surface area contributed by atoms with Gasteiger partial charge >= 0.3 is 11.4 Å². The van der Waals surface area contributed by atoms with Crippen LogP contribution in [0.4, 0.5) is 9.59 Å². The molecule has 0 heterocycles. The van der Waals surface area contributed by atoms with E-state index < -0.39 is 11.4 Å². The Morgan fingerprint density at radius 3 is 2.27 bits per heavy atom. The summed E-state index contributed by atoms with van der Waals surface area (Å²) in [5.74, 6) is 0.0147. The van der Waals surface area contributed by atoms with Crippen LogP contribution in [0, 0.1) is 32.3 Å². The minimum absolute atomic E-state index is 0. The van der Waals surface area contributed by atoms with Crippen LogP contribution >= 0.6 is 12.6 Å². The molecule has 1 rings (SSSR count). The largest absolute Gasteiger partial charge is 0.650 e. The number of ether oxygens (including phenoxy) is 3. The van der Waals surface area contributed by atoms with Crippen molar-refractivity contribution in [2.24, 2.45) is 5.73 Å². The quantitative estimate of drug-likeness (QED) is 0.0715. The molecule has 0 aliphatic heterocycles. The first-order valence-corrected chi connectivity index (χ1v) is 13.8. The van der Waals surface area contributed by atoms with E-state index in [1.54, 1.807) is 19.2 Å². The Morgan fingerprint density at radius 1 is 1.02 bits per heavy atom. The molecule has 0 aromatic heterocycles. The van der Waals surface area contributed by atoms with Gasteiger partial charge in [0.05, 0.1) is 6.61 Å². The van der Waals surface area contributed by atoms with Gasteiger partial charge in [-0.1, -0.05) is 45.8 Å². The van der Waals surface area contributed by atoms with E-state index in [9.17, 15) is 19.2 Å². The SMILES string of the molecule is CC.CNCCCN(C)C(=O)Oc1c(CO[C-]=O)cc(CCC(=O)NCCCCCCN)cc1COC(=O)S.[Pa]. The van der Waals surface area contributed by atoms with E-state index in [0.717, 1.165) is 44.2 Å². The molecule has 0 fully saturated rings. The Balaban J connectivity index is 0. The van der Waals surface area contributed by atoms with Crippen LogP contribution in [-0.2, 0) is 38.7 Å². The minimum atomic E-state index is -0.809. The summed E-state index contributed by atoms with van der Waals surface area (Å²) in [5.41, 5.74) is 6.96. The first kappa shape index (κ1) is 40.4. The van der Waals surface area contributed by atoms with Crippen molar-refractivity contribution in [3.8, 4) is 5.75 Å². The molecular weight excluding hydrogens is 755 g/mol. The number of nitrogens with zero attached hydrogens (tertiary/aromatic N) is 1. The number of rotatable bonds is 19. The van der Waals surface area contributed by atoms with Crippen molar-refractivity contribution in [1.29, 1.82) is 0 Å². The van der Waals surface area contributed by atoms with Gasteiger partial charge in [0.2, 0.25) is 5.91 Å². The van der Waals surface area contributed by atoms with Gasteiger partial charge < -0.3 is 40.3 Å². The summed E-state index contributed by atoms with van der Waals surface area (Å²) in [7, 11) is 3.42. The third kappa shape index (κ3) is 18.6. The number of aryl methyl sites for hydroxylation is 1. The standard InChI is InChI=1S/C25H39N4O7S.C2H6.Pa/c1-27-11-7-13-29(2)24(32)36-23-20(16-34-18-30)14-19(15-21(23)17-35-25(33)37)8-9-22(31)28-12-6-4-3-5-10-26;1-2;/h14-15,27H,3-13,16-17,26H2,1-2H3,(H,28,31)(H,33,37);1-2H3;/q-1;;. The second-order valence-corrected chi connectivity index (χ2v) is 8.83. The Kier molecular flexibility index (Phi) is 26.4. The third-order valence-electron chi connectivity index (χ3n) is 5.46. The number of hydrogen-bond acceptors (Lipinski definition) is 9. The number of unbranched alkanes of at least 4 members (excludes halogenated alkanes) is 3. The molecule has 225 valence electrons. The molecule has 0 atom stereocenters. The zero-order chi connectivity index (χ0) is 29.5. The first-order chi connectivity index (χ1) is 18.8. The van der Waals surface area contributed by atoms with Crippen LogP contribution in [0.3, 0.4) is 0 Å². The molecular formula is C27H45N4O7PaS-. The molecule has 4 N–H and O–H groups in total. The van der Waals surface area contributed by atoms with Crippen molar-refractivity contribution in [2.45, 2.75) is 72.0 Å². The third-order valence-corrected chi connectivity index (χ3v) is 5.58. The number of thiol groups is 1. The number of amides is 2. The normalized spacial score (nSPS) is 9.85. The van der Waals surface area contributed by atoms with E-state index in [-0.39, 0.29) is 63.6 Å². The maximum Gasteiger partial charge on any atom is 0.414 e. The van der Waals surface area contributed by atoms with Gasteiger partial charge in [0.25, 0.3) is 0 Å². The van der Waals surface area contributed by atoms with Crippen LogP contribution in [0.1, 0.15) is 69.1 Å². The van der Waals surface area contributed by atoms with Crippen LogP contribution in [0.5, 0.6) is 5.75 Å². The minimum Gasteiger partial charge on any atom is -0.650 e. The van der Waals surface area contributed by atoms with E-state index in [1.165, 1.54) is 11.4 Å². The van der Waals surface area contributed by atoms with E-state index in [0.29, 0.717) is 37.2 Å². The zero-order valence-corrected chi connectivity index (χ0v) is 30.0. The molecule has 0 aliphatic rings. The van der Waals surface area contributed by atoms with Crippen LogP contribution < -0.4 is 21.1 Å². The maximum absolute atomic E-state index is 12.7. The molecule has 1 aromatic carbocycles. The molecule has 0 saturated carbocycles. The molecule has 0 bridgehead atoms. The van der Waals surface area contributed by atoms with Gasteiger partial charge in [-0.15, -0.1) is 0 Å². The average molecular weight is 801 g/mol. The summed E-state index contributed by atoms with van der Waals surface area (Å²) in [4.78, 5) is 48.5. The Bertz CT molecular complexity index is 878. The number of benzene rings is 1. The fourth-order valence-electron chi connectivity index (χ4n) is 3.51. The Labute approximate surface area is 268 Å². The van der Waals surface area contributed by atoms with Gasteiger partial charge in [-0.25, -0.2) is 9.59 Å². The first-order valence-electron chi connectivity index (χ1n) is 13.4. The monoisotopic (exact) mass is 800 g/mol. The van der Waals surface area contributed by atoms with E-state index in [1.807, 2.05) is 20.9 Å². The molecule has 0 aliphatic carbocycles. The predicted octanol–water partition coefficient (Wildman–Crippen LogP) is 3.47. The average Bonchev–Trinajstić information content (AvgIpc) is 2.93. The summed E-state index contributed by atoms with van der Waals surface area (Å²) < 4.78 is 15.5. The van der Waals surface area contributed by atoms with Gasteiger partial charge in [-0.2, -0.15) is 0 Å². The van der Waals surface area contributed by atoms with Gasteiger partial charge in [0, 0.05) is 70.0 Å². The van der Waals surface area contributed by atoms with Crippen molar-refractivity contribution in [3.63, 3.8) is 0 Å². The molecule has 1 radical (unpaired) electrons. The summed E-state index contributed by atoms with van der Waals surface area (Å²) in [5, 5.41) is 5.10. The van der Waals surface area contributed by atoms with Crippen LogP contribution in [0.25, 0.3) is 0 Å². The molecule has 0 spiro atoms. The van der Waals surface area contributed by atoms with Crippen molar-refractivity contribution in [1.82, 2.24) is 15.5 Å². The van der Waals surface area contributed by atoms with Crippen molar-refractivity contribution >= 4 is 36.4 Å². The summed E-state index contributed by atoms with van der Waals surface area (Å²) in [6.07, 6.45) is 4.60. The molecule has 0 saturated heterocycles. The van der Waals surface area contributed by atoms with Gasteiger partial charge in [0.1, 0.15) is 12.4 Å². The maximum atomic E-state index is 12.7. The van der Waals surface area contributed by atoms with Crippen LogP contribution in [0.2, 0.25) is 0 Å². The predicted molar refractivity (Wildman–Crippen MR) is 153 cm³/mol. The number of nitrogens with one attached hydrogen (secondary N) is 2. The Hall–Kier alpha value is -1.74. The summed E-state index contributed by atoms with van der Waals surface area (Å²) >= 11 is 3.63. The van der Waals surface area contributed by atoms with E-state index in [4.69, 9.17) is 19.9 Å². The molecule has 40 heavy (non-hydrogen) atoms. The molecule has 13 heteroatoms. The van der Waals surface area contributed by atoms with Crippen molar-refractivity contribution in [3.05, 3.63) is 28.8 Å². The van der Waals surface area contributed by atoms with Crippen molar-refractivity contribution in [2.75, 3.05) is 40.3 Å². The second-order valence-electron chi connectivity index (χ2n) is 8.47. The van der Waals surface area contributed by atoms with Crippen LogP contribution in [0.15, 0.2) is 12.1 Å². The van der Waals surface area contributed by atoms with E-state index >= 15 is 0 Å². The Morgan fingerprint density at radius 2 is 1.68 bits per heavy atom. The molecule has 2 amide bonds. The van der Waals surface area contributed by atoms with Crippen LogP contribution in [-0.4, -0.2) is 68.9 Å². The van der Waals surface area contributed by atoms with Gasteiger partial charge in [-0.05, 0) is 63.5 Å². The van der Waals surface area contributed by atoms with Crippen molar-refractivity contribution < 1.29 is 65.7 Å². The smallest absolute Gasteiger partial charge is 0.414 e. The van der Waals surface area contributed by atoms with E-state index in [2.05, 4.69) is 23.3 Å². The molecule has 0 unspecified atom stereocenters. The topological polar surface area (TPSA) is 149 Å². The number of hydrogen-bond donors (Lipinski definition) is 4. The van der Waals surface area contributed by atoms with Gasteiger partial charge in [0.15, 0.2) is 0 Å². The fourth-order valence-corrected chi connectivity index (χ4v) is 3.57. The number of carbonyl (C=O) groups is 3. The second kappa shape index (κ2) is 26.2. The zero-order valence-electron chi connectivity index (χ0n) is 24.3.